The number of hydrogen-bond acceptors (Lipinski definition) is 2. The van der Waals surface area contributed by atoms with E-state index >= 15 is 0 Å². The first kappa shape index (κ1) is 11.1. The summed E-state index contributed by atoms with van der Waals surface area (Å²) in [4.78, 5) is 3.69. The van der Waals surface area contributed by atoms with Crippen LogP contribution < -0.4 is 5.73 Å². The summed E-state index contributed by atoms with van der Waals surface area (Å²) in [5.41, 5.74) is 6.45. The third-order valence-electron chi connectivity index (χ3n) is 2.26. The molecule has 1 aromatic rings. The molecule has 0 fully saturated rings. The van der Waals surface area contributed by atoms with Crippen molar-refractivity contribution in [3.05, 3.63) is 29.8 Å². The zero-order chi connectivity index (χ0) is 10.6. The Hall–Kier alpha value is -0.960. The van der Waals surface area contributed by atoms with Gasteiger partial charge in [0.1, 0.15) is 5.82 Å². The number of pyridine rings is 1. The maximum atomic E-state index is 13.2. The van der Waals surface area contributed by atoms with Gasteiger partial charge in [-0.05, 0) is 24.8 Å². The Balaban J connectivity index is 2.60. The minimum Gasteiger partial charge on any atom is -0.324 e. The third kappa shape index (κ3) is 3.07. The van der Waals surface area contributed by atoms with Crippen molar-refractivity contribution in [2.45, 2.75) is 32.7 Å². The van der Waals surface area contributed by atoms with E-state index in [1.54, 1.807) is 12.3 Å². The number of halogens is 1. The molecule has 0 saturated carbocycles. The third-order valence-corrected chi connectivity index (χ3v) is 2.26. The summed E-state index contributed by atoms with van der Waals surface area (Å²) in [5, 5.41) is 0. The van der Waals surface area contributed by atoms with Crippen molar-refractivity contribution >= 4 is 0 Å². The van der Waals surface area contributed by atoms with Crippen LogP contribution in [0, 0.1) is 11.7 Å². The summed E-state index contributed by atoms with van der Waals surface area (Å²) in [6.07, 6.45) is 4.62. The Kier molecular flexibility index (Phi) is 4.01. The van der Waals surface area contributed by atoms with Gasteiger partial charge in [0, 0.05) is 17.8 Å². The molecule has 2 nitrogen and oxygen atoms in total. The molecule has 2 N–H and O–H groups in total. The van der Waals surface area contributed by atoms with Crippen molar-refractivity contribution in [3.8, 4) is 0 Å². The summed E-state index contributed by atoms with van der Waals surface area (Å²) in [6, 6.07) is 1.45. The maximum absolute atomic E-state index is 13.2. The zero-order valence-corrected chi connectivity index (χ0v) is 8.70. The second-order valence-electron chi connectivity index (χ2n) is 3.97. The highest BCUT2D eigenvalue weighted by Gasteiger charge is 2.11. The SMILES string of the molecule is CC(C)CCC(N)c1ccncc1F. The Labute approximate surface area is 84.3 Å². The predicted molar refractivity (Wildman–Crippen MR) is 55.2 cm³/mol. The summed E-state index contributed by atoms with van der Waals surface area (Å²) in [5.74, 6) is 0.301. The molecule has 0 aliphatic carbocycles. The van der Waals surface area contributed by atoms with Crippen LogP contribution in [0.3, 0.4) is 0 Å². The fourth-order valence-corrected chi connectivity index (χ4v) is 1.36. The van der Waals surface area contributed by atoms with Crippen LogP contribution in [-0.2, 0) is 0 Å². The molecule has 0 aromatic carbocycles. The normalized spacial score (nSPS) is 13.2. The van der Waals surface area contributed by atoms with Gasteiger partial charge in [0.25, 0.3) is 0 Å². The van der Waals surface area contributed by atoms with Crippen LogP contribution in [-0.4, -0.2) is 4.98 Å². The lowest BCUT2D eigenvalue weighted by atomic mass is 9.99. The van der Waals surface area contributed by atoms with Gasteiger partial charge in [-0.3, -0.25) is 4.98 Å². The van der Waals surface area contributed by atoms with Crippen molar-refractivity contribution in [3.63, 3.8) is 0 Å². The lowest BCUT2D eigenvalue weighted by molar-refractivity contribution is 0.489. The van der Waals surface area contributed by atoms with E-state index in [0.29, 0.717) is 11.5 Å². The first-order valence-corrected chi connectivity index (χ1v) is 4.96. The molecule has 1 atom stereocenters. The molecule has 14 heavy (non-hydrogen) atoms. The van der Waals surface area contributed by atoms with Gasteiger partial charge in [0.2, 0.25) is 0 Å². The molecular weight excluding hydrogens is 179 g/mol. The molecule has 0 spiro atoms. The van der Waals surface area contributed by atoms with E-state index in [1.165, 1.54) is 6.20 Å². The molecule has 0 aliphatic rings. The minimum absolute atomic E-state index is 0.208. The number of nitrogens with zero attached hydrogens (tertiary/aromatic N) is 1. The standard InChI is InChI=1S/C11H17FN2/c1-8(2)3-4-11(13)9-5-6-14-7-10(9)12/h5-8,11H,3-4,13H2,1-2H3. The first-order chi connectivity index (χ1) is 6.61. The van der Waals surface area contributed by atoms with Gasteiger partial charge in [0.05, 0.1) is 6.20 Å². The van der Waals surface area contributed by atoms with E-state index in [4.69, 9.17) is 5.73 Å². The van der Waals surface area contributed by atoms with Crippen LogP contribution in [0.5, 0.6) is 0 Å². The molecule has 0 bridgehead atoms. The van der Waals surface area contributed by atoms with Gasteiger partial charge in [-0.1, -0.05) is 13.8 Å². The average Bonchev–Trinajstić information content (AvgIpc) is 2.15. The van der Waals surface area contributed by atoms with Gasteiger partial charge in [0.15, 0.2) is 0 Å². The van der Waals surface area contributed by atoms with E-state index in [0.717, 1.165) is 12.8 Å². The van der Waals surface area contributed by atoms with Crippen LogP contribution in [0.15, 0.2) is 18.5 Å². The van der Waals surface area contributed by atoms with E-state index < -0.39 is 0 Å². The van der Waals surface area contributed by atoms with Crippen molar-refractivity contribution in [1.29, 1.82) is 0 Å². The van der Waals surface area contributed by atoms with Crippen molar-refractivity contribution in [2.24, 2.45) is 11.7 Å². The van der Waals surface area contributed by atoms with Crippen LogP contribution in [0.25, 0.3) is 0 Å². The van der Waals surface area contributed by atoms with Gasteiger partial charge < -0.3 is 5.73 Å². The van der Waals surface area contributed by atoms with E-state index in [-0.39, 0.29) is 11.9 Å². The Morgan fingerprint density at radius 3 is 2.71 bits per heavy atom. The molecule has 1 aromatic heterocycles. The van der Waals surface area contributed by atoms with Crippen molar-refractivity contribution in [1.82, 2.24) is 4.98 Å². The van der Waals surface area contributed by atoms with Crippen LogP contribution in [0.2, 0.25) is 0 Å². The molecule has 1 rings (SSSR count). The molecule has 0 radical (unpaired) electrons. The smallest absolute Gasteiger partial charge is 0.146 e. The zero-order valence-electron chi connectivity index (χ0n) is 8.70. The maximum Gasteiger partial charge on any atom is 0.146 e. The van der Waals surface area contributed by atoms with E-state index in [1.807, 2.05) is 0 Å². The van der Waals surface area contributed by atoms with E-state index in [9.17, 15) is 4.39 Å². The second-order valence-corrected chi connectivity index (χ2v) is 3.97. The molecule has 78 valence electrons. The summed E-state index contributed by atoms with van der Waals surface area (Å²) < 4.78 is 13.2. The van der Waals surface area contributed by atoms with Crippen LogP contribution in [0.4, 0.5) is 4.39 Å². The van der Waals surface area contributed by atoms with Gasteiger partial charge >= 0.3 is 0 Å². The second kappa shape index (κ2) is 5.05. The van der Waals surface area contributed by atoms with Crippen LogP contribution in [0.1, 0.15) is 38.3 Å². The highest BCUT2D eigenvalue weighted by molar-refractivity contribution is 5.16. The molecule has 1 heterocycles. The van der Waals surface area contributed by atoms with Crippen molar-refractivity contribution in [2.75, 3.05) is 0 Å². The van der Waals surface area contributed by atoms with Gasteiger partial charge in [-0.25, -0.2) is 4.39 Å². The highest BCUT2D eigenvalue weighted by Crippen LogP contribution is 2.20. The largest absolute Gasteiger partial charge is 0.324 e. The number of rotatable bonds is 4. The quantitative estimate of drug-likeness (QED) is 0.804. The Morgan fingerprint density at radius 1 is 1.43 bits per heavy atom. The molecule has 0 aliphatic heterocycles. The van der Waals surface area contributed by atoms with Gasteiger partial charge in [-0.15, -0.1) is 0 Å². The summed E-state index contributed by atoms with van der Waals surface area (Å²) in [6.45, 7) is 4.27. The predicted octanol–water partition coefficient (Wildman–Crippen LogP) is 2.66. The molecule has 1 unspecified atom stereocenters. The van der Waals surface area contributed by atoms with E-state index in [2.05, 4.69) is 18.8 Å². The highest BCUT2D eigenvalue weighted by atomic mass is 19.1. The Bertz CT molecular complexity index is 286. The molecule has 0 saturated heterocycles. The number of nitrogens with two attached hydrogens (primary N) is 1. The van der Waals surface area contributed by atoms with Crippen LogP contribution >= 0.6 is 0 Å². The molecule has 0 amide bonds. The average molecular weight is 196 g/mol. The number of hydrogen-bond donors (Lipinski definition) is 1. The first-order valence-electron chi connectivity index (χ1n) is 4.96. The number of aromatic nitrogens is 1. The molecular formula is C11H17FN2. The molecule has 3 heteroatoms. The summed E-state index contributed by atoms with van der Waals surface area (Å²) >= 11 is 0. The summed E-state index contributed by atoms with van der Waals surface area (Å²) in [7, 11) is 0. The lowest BCUT2D eigenvalue weighted by Gasteiger charge is -2.13. The Morgan fingerprint density at radius 2 is 2.14 bits per heavy atom. The van der Waals surface area contributed by atoms with Crippen molar-refractivity contribution < 1.29 is 4.39 Å². The monoisotopic (exact) mass is 196 g/mol. The van der Waals surface area contributed by atoms with Gasteiger partial charge in [-0.2, -0.15) is 0 Å². The lowest BCUT2D eigenvalue weighted by Crippen LogP contribution is -2.13. The minimum atomic E-state index is -0.302. The fourth-order valence-electron chi connectivity index (χ4n) is 1.36. The topological polar surface area (TPSA) is 38.9 Å². The fraction of sp³-hybridized carbons (Fsp3) is 0.545.